The summed E-state index contributed by atoms with van der Waals surface area (Å²) in [6.45, 7) is 9.10. The highest BCUT2D eigenvalue weighted by Crippen LogP contribution is 2.28. The van der Waals surface area contributed by atoms with E-state index in [-0.39, 0.29) is 12.2 Å². The molecule has 15 heavy (non-hydrogen) atoms. The minimum Gasteiger partial charge on any atom is -0.368 e. The largest absolute Gasteiger partial charge is 0.368 e. The van der Waals surface area contributed by atoms with E-state index in [1.54, 1.807) is 11.3 Å². The smallest absolute Gasteiger partial charge is 0.104 e. The lowest BCUT2D eigenvalue weighted by atomic mass is 10.1. The molecule has 0 fully saturated rings. The van der Waals surface area contributed by atoms with Gasteiger partial charge in [-0.25, -0.2) is 0 Å². The summed E-state index contributed by atoms with van der Waals surface area (Å²) in [7, 11) is 0. The van der Waals surface area contributed by atoms with Gasteiger partial charge in [0.15, 0.2) is 0 Å². The maximum atomic E-state index is 5.97. The number of aryl methyl sites for hydroxylation is 1. The monoisotopic (exact) mass is 227 g/mol. The average Bonchev–Trinajstić information content (AvgIpc) is 2.60. The second-order valence-corrected chi connectivity index (χ2v) is 5.23. The van der Waals surface area contributed by atoms with Crippen molar-refractivity contribution in [2.45, 2.75) is 39.9 Å². The van der Waals surface area contributed by atoms with Crippen LogP contribution in [0, 0.1) is 12.8 Å². The number of hydrogen-bond donors (Lipinski definition) is 1. The molecule has 2 N–H and O–H groups in total. The van der Waals surface area contributed by atoms with Crippen molar-refractivity contribution in [2.24, 2.45) is 11.7 Å². The van der Waals surface area contributed by atoms with Gasteiger partial charge in [0.2, 0.25) is 0 Å². The van der Waals surface area contributed by atoms with Crippen LogP contribution in [0.5, 0.6) is 0 Å². The molecule has 1 rings (SSSR count). The number of hydrogen-bond acceptors (Lipinski definition) is 3. The fourth-order valence-electron chi connectivity index (χ4n) is 1.35. The van der Waals surface area contributed by atoms with E-state index in [2.05, 4.69) is 39.1 Å². The SMILES string of the molecule is Cc1ccsc1C(CN)OC(C)C(C)C. The fourth-order valence-corrected chi connectivity index (χ4v) is 2.33. The first-order chi connectivity index (χ1) is 7.06. The molecule has 0 aliphatic carbocycles. The first-order valence-corrected chi connectivity index (χ1v) is 6.33. The van der Waals surface area contributed by atoms with Gasteiger partial charge in [0.25, 0.3) is 0 Å². The maximum Gasteiger partial charge on any atom is 0.104 e. The van der Waals surface area contributed by atoms with E-state index >= 15 is 0 Å². The van der Waals surface area contributed by atoms with Crippen LogP contribution in [0.2, 0.25) is 0 Å². The molecule has 1 aromatic heterocycles. The summed E-state index contributed by atoms with van der Waals surface area (Å²) in [5.41, 5.74) is 7.05. The molecule has 0 aromatic carbocycles. The predicted molar refractivity (Wildman–Crippen MR) is 66.2 cm³/mol. The van der Waals surface area contributed by atoms with Gasteiger partial charge in [-0.2, -0.15) is 0 Å². The van der Waals surface area contributed by atoms with E-state index in [0.29, 0.717) is 12.5 Å². The topological polar surface area (TPSA) is 35.2 Å². The lowest BCUT2D eigenvalue weighted by molar-refractivity contribution is -0.0206. The van der Waals surface area contributed by atoms with Crippen LogP contribution >= 0.6 is 11.3 Å². The van der Waals surface area contributed by atoms with Gasteiger partial charge in [-0.3, -0.25) is 0 Å². The van der Waals surface area contributed by atoms with Crippen molar-refractivity contribution in [1.29, 1.82) is 0 Å². The zero-order valence-electron chi connectivity index (χ0n) is 9.99. The summed E-state index contributed by atoms with van der Waals surface area (Å²) in [4.78, 5) is 1.27. The van der Waals surface area contributed by atoms with Crippen LogP contribution in [0.25, 0.3) is 0 Å². The molecule has 3 heteroatoms. The lowest BCUT2D eigenvalue weighted by Gasteiger charge is -2.23. The van der Waals surface area contributed by atoms with Gasteiger partial charge in [0.05, 0.1) is 6.10 Å². The van der Waals surface area contributed by atoms with Crippen molar-refractivity contribution < 1.29 is 4.74 Å². The van der Waals surface area contributed by atoms with Crippen LogP contribution in [0.1, 0.15) is 37.3 Å². The summed E-state index contributed by atoms with van der Waals surface area (Å²) in [5, 5.41) is 2.09. The fraction of sp³-hybridized carbons (Fsp3) is 0.667. The molecule has 0 spiro atoms. The van der Waals surface area contributed by atoms with Crippen LogP contribution < -0.4 is 5.73 Å². The van der Waals surface area contributed by atoms with Gasteiger partial charge < -0.3 is 10.5 Å². The van der Waals surface area contributed by atoms with Gasteiger partial charge >= 0.3 is 0 Å². The maximum absolute atomic E-state index is 5.97. The number of thiophene rings is 1. The number of nitrogens with two attached hydrogens (primary N) is 1. The van der Waals surface area contributed by atoms with Crippen LogP contribution in [0.15, 0.2) is 11.4 Å². The normalized spacial score (nSPS) is 15.6. The van der Waals surface area contributed by atoms with Crippen LogP contribution in [0.3, 0.4) is 0 Å². The summed E-state index contributed by atoms with van der Waals surface area (Å²) in [6.07, 6.45) is 0.308. The minimum absolute atomic E-state index is 0.0578. The van der Waals surface area contributed by atoms with E-state index in [9.17, 15) is 0 Å². The molecule has 1 aromatic rings. The Morgan fingerprint density at radius 1 is 1.40 bits per heavy atom. The Bertz CT molecular complexity index is 296. The van der Waals surface area contributed by atoms with E-state index in [1.807, 2.05) is 0 Å². The van der Waals surface area contributed by atoms with E-state index in [1.165, 1.54) is 10.4 Å². The number of ether oxygens (including phenoxy) is 1. The minimum atomic E-state index is 0.0578. The van der Waals surface area contributed by atoms with Gasteiger partial charge in [0, 0.05) is 11.4 Å². The molecule has 2 nitrogen and oxygen atoms in total. The van der Waals surface area contributed by atoms with Gasteiger partial charge in [0.1, 0.15) is 6.10 Å². The quantitative estimate of drug-likeness (QED) is 0.839. The molecule has 0 saturated carbocycles. The third-order valence-electron chi connectivity index (χ3n) is 2.73. The Kier molecular flexibility index (Phi) is 4.77. The van der Waals surface area contributed by atoms with Crippen LogP contribution in [0.4, 0.5) is 0 Å². The van der Waals surface area contributed by atoms with Crippen molar-refractivity contribution in [1.82, 2.24) is 0 Å². The molecule has 2 atom stereocenters. The van der Waals surface area contributed by atoms with Crippen molar-refractivity contribution in [3.8, 4) is 0 Å². The highest BCUT2D eigenvalue weighted by molar-refractivity contribution is 7.10. The Morgan fingerprint density at radius 3 is 2.47 bits per heavy atom. The number of rotatable bonds is 5. The second-order valence-electron chi connectivity index (χ2n) is 4.28. The molecule has 0 amide bonds. The Morgan fingerprint density at radius 2 is 2.07 bits per heavy atom. The van der Waals surface area contributed by atoms with Crippen molar-refractivity contribution in [3.63, 3.8) is 0 Å². The zero-order valence-corrected chi connectivity index (χ0v) is 10.8. The molecular weight excluding hydrogens is 206 g/mol. The molecule has 0 aliphatic heterocycles. The van der Waals surface area contributed by atoms with Crippen LogP contribution in [-0.2, 0) is 4.74 Å². The highest BCUT2D eigenvalue weighted by atomic mass is 32.1. The molecule has 0 radical (unpaired) electrons. The average molecular weight is 227 g/mol. The highest BCUT2D eigenvalue weighted by Gasteiger charge is 2.18. The van der Waals surface area contributed by atoms with E-state index in [4.69, 9.17) is 10.5 Å². The van der Waals surface area contributed by atoms with Crippen LogP contribution in [-0.4, -0.2) is 12.6 Å². The Hall–Kier alpha value is -0.380. The van der Waals surface area contributed by atoms with Crippen molar-refractivity contribution in [2.75, 3.05) is 6.54 Å². The lowest BCUT2D eigenvalue weighted by Crippen LogP contribution is -2.23. The summed E-state index contributed by atoms with van der Waals surface area (Å²) >= 11 is 1.73. The van der Waals surface area contributed by atoms with Gasteiger partial charge in [-0.15, -0.1) is 11.3 Å². The third kappa shape index (κ3) is 3.30. The summed E-state index contributed by atoms with van der Waals surface area (Å²) < 4.78 is 5.97. The zero-order chi connectivity index (χ0) is 11.4. The van der Waals surface area contributed by atoms with E-state index < -0.39 is 0 Å². The second kappa shape index (κ2) is 5.64. The molecular formula is C12H21NOS. The first kappa shape index (κ1) is 12.7. The summed E-state index contributed by atoms with van der Waals surface area (Å²) in [6, 6.07) is 2.12. The Balaban J connectivity index is 2.69. The van der Waals surface area contributed by atoms with Gasteiger partial charge in [-0.05, 0) is 36.8 Å². The van der Waals surface area contributed by atoms with E-state index in [0.717, 1.165) is 0 Å². The first-order valence-electron chi connectivity index (χ1n) is 5.45. The van der Waals surface area contributed by atoms with Gasteiger partial charge in [-0.1, -0.05) is 13.8 Å². The molecule has 0 aliphatic rings. The molecule has 86 valence electrons. The predicted octanol–water partition coefficient (Wildman–Crippen LogP) is 3.12. The molecule has 0 saturated heterocycles. The standard InChI is InChI=1S/C12H21NOS/c1-8(2)10(4)14-11(7-13)12-9(3)5-6-15-12/h5-6,8,10-11H,7,13H2,1-4H3. The third-order valence-corrected chi connectivity index (χ3v) is 3.84. The molecule has 0 bridgehead atoms. The Labute approximate surface area is 96.4 Å². The molecule has 1 heterocycles. The molecule has 2 unspecified atom stereocenters. The van der Waals surface area contributed by atoms with Crippen molar-refractivity contribution in [3.05, 3.63) is 21.9 Å². The summed E-state index contributed by atoms with van der Waals surface area (Å²) in [5.74, 6) is 0.527. The van der Waals surface area contributed by atoms with Crippen molar-refractivity contribution >= 4 is 11.3 Å².